The Morgan fingerprint density at radius 1 is 1.35 bits per heavy atom. The van der Waals surface area contributed by atoms with E-state index in [0.29, 0.717) is 0 Å². The normalized spacial score (nSPS) is 15.8. The van der Waals surface area contributed by atoms with Gasteiger partial charge in [-0.2, -0.15) is 0 Å². The van der Waals surface area contributed by atoms with Crippen LogP contribution < -0.4 is 5.32 Å². The van der Waals surface area contributed by atoms with Gasteiger partial charge in [0.05, 0.1) is 5.60 Å². The van der Waals surface area contributed by atoms with Gasteiger partial charge in [0.15, 0.2) is 0 Å². The predicted molar refractivity (Wildman–Crippen MR) is 88.0 cm³/mol. The van der Waals surface area contributed by atoms with Crippen molar-refractivity contribution >= 4 is 15.9 Å². The quantitative estimate of drug-likeness (QED) is 0.737. The lowest BCUT2D eigenvalue weighted by atomic mass is 9.89. The number of hydrogen-bond acceptors (Lipinski definition) is 3. The van der Waals surface area contributed by atoms with E-state index in [1.54, 1.807) is 0 Å². The number of rotatable bonds is 9. The molecule has 4 heteroatoms. The highest BCUT2D eigenvalue weighted by Crippen LogP contribution is 2.23. The Kier molecular flexibility index (Phi) is 7.70. The molecule has 0 aliphatic carbocycles. The fourth-order valence-electron chi connectivity index (χ4n) is 2.34. The molecule has 1 rings (SSSR count). The third-order valence-electron chi connectivity index (χ3n) is 3.76. The van der Waals surface area contributed by atoms with Crippen LogP contribution in [-0.4, -0.2) is 29.8 Å². The lowest BCUT2D eigenvalue weighted by Crippen LogP contribution is -2.52. The van der Waals surface area contributed by atoms with Crippen molar-refractivity contribution in [3.63, 3.8) is 0 Å². The van der Waals surface area contributed by atoms with Crippen LogP contribution >= 0.6 is 15.9 Å². The summed E-state index contributed by atoms with van der Waals surface area (Å²) in [6.07, 6.45) is 4.85. The van der Waals surface area contributed by atoms with E-state index in [2.05, 4.69) is 60.0 Å². The molecule has 114 valence electrons. The molecule has 20 heavy (non-hydrogen) atoms. The standard InChI is InChI=1S/C16H27BrN2O/c1-5-10-18-15(16(4,6-2)20-7-3)11-14-9-8-13(17)12-19-14/h8-9,12,15,18H,5-7,10-11H2,1-4H3. The van der Waals surface area contributed by atoms with E-state index < -0.39 is 0 Å². The second-order valence-corrected chi connectivity index (χ2v) is 6.19. The van der Waals surface area contributed by atoms with Crippen LogP contribution in [0, 0.1) is 0 Å². The van der Waals surface area contributed by atoms with E-state index in [1.807, 2.05) is 12.3 Å². The van der Waals surface area contributed by atoms with Gasteiger partial charge in [0.25, 0.3) is 0 Å². The molecule has 0 aliphatic rings. The van der Waals surface area contributed by atoms with Gasteiger partial charge in [-0.1, -0.05) is 13.8 Å². The molecule has 0 aromatic carbocycles. The lowest BCUT2D eigenvalue weighted by molar-refractivity contribution is -0.0551. The fourth-order valence-corrected chi connectivity index (χ4v) is 2.57. The van der Waals surface area contributed by atoms with E-state index in [9.17, 15) is 0 Å². The van der Waals surface area contributed by atoms with E-state index in [1.165, 1.54) is 0 Å². The topological polar surface area (TPSA) is 34.2 Å². The lowest BCUT2D eigenvalue weighted by Gasteiger charge is -2.37. The zero-order chi connectivity index (χ0) is 15.0. The van der Waals surface area contributed by atoms with Crippen LogP contribution in [0.25, 0.3) is 0 Å². The van der Waals surface area contributed by atoms with E-state index in [4.69, 9.17) is 4.74 Å². The van der Waals surface area contributed by atoms with Crippen LogP contribution in [0.4, 0.5) is 0 Å². The molecule has 0 spiro atoms. The third kappa shape index (κ3) is 5.15. The number of pyridine rings is 1. The largest absolute Gasteiger partial charge is 0.374 e. The van der Waals surface area contributed by atoms with Gasteiger partial charge in [-0.15, -0.1) is 0 Å². The van der Waals surface area contributed by atoms with Crippen molar-refractivity contribution in [1.29, 1.82) is 0 Å². The van der Waals surface area contributed by atoms with Crippen LogP contribution in [0.1, 0.15) is 46.2 Å². The molecule has 2 unspecified atom stereocenters. The van der Waals surface area contributed by atoms with E-state index in [-0.39, 0.29) is 11.6 Å². The molecule has 0 fully saturated rings. The zero-order valence-corrected chi connectivity index (χ0v) is 14.7. The summed E-state index contributed by atoms with van der Waals surface area (Å²) < 4.78 is 7.05. The number of nitrogens with zero attached hydrogens (tertiary/aromatic N) is 1. The van der Waals surface area contributed by atoms with Gasteiger partial charge < -0.3 is 10.1 Å². The summed E-state index contributed by atoms with van der Waals surface area (Å²) in [6.45, 7) is 10.4. The third-order valence-corrected chi connectivity index (χ3v) is 4.22. The Morgan fingerprint density at radius 2 is 2.10 bits per heavy atom. The van der Waals surface area contributed by atoms with Crippen LogP contribution in [0.2, 0.25) is 0 Å². The molecule has 0 aliphatic heterocycles. The van der Waals surface area contributed by atoms with Gasteiger partial charge >= 0.3 is 0 Å². The average Bonchev–Trinajstić information content (AvgIpc) is 2.45. The Morgan fingerprint density at radius 3 is 2.60 bits per heavy atom. The highest BCUT2D eigenvalue weighted by atomic mass is 79.9. The van der Waals surface area contributed by atoms with Crippen LogP contribution in [-0.2, 0) is 11.2 Å². The number of nitrogens with one attached hydrogen (secondary N) is 1. The monoisotopic (exact) mass is 342 g/mol. The second kappa shape index (κ2) is 8.75. The van der Waals surface area contributed by atoms with E-state index >= 15 is 0 Å². The molecule has 0 saturated heterocycles. The Bertz CT molecular complexity index is 383. The average molecular weight is 343 g/mol. The van der Waals surface area contributed by atoms with Crippen molar-refractivity contribution in [3.05, 3.63) is 28.5 Å². The fraction of sp³-hybridized carbons (Fsp3) is 0.688. The summed E-state index contributed by atoms with van der Waals surface area (Å²) in [7, 11) is 0. The first-order valence-electron chi connectivity index (χ1n) is 7.53. The number of halogens is 1. The summed E-state index contributed by atoms with van der Waals surface area (Å²) in [5.41, 5.74) is 0.944. The molecular weight excluding hydrogens is 316 g/mol. The minimum Gasteiger partial charge on any atom is -0.374 e. The Balaban J connectivity index is 2.84. The van der Waals surface area contributed by atoms with Crippen LogP contribution in [0.3, 0.4) is 0 Å². The molecule has 0 amide bonds. The molecule has 1 aromatic rings. The maximum atomic E-state index is 6.03. The van der Waals surface area contributed by atoms with Crippen molar-refractivity contribution < 1.29 is 4.74 Å². The van der Waals surface area contributed by atoms with Gasteiger partial charge in [-0.25, -0.2) is 0 Å². The Hall–Kier alpha value is -0.450. The van der Waals surface area contributed by atoms with Crippen molar-refractivity contribution in [1.82, 2.24) is 10.3 Å². The molecule has 0 saturated carbocycles. The van der Waals surface area contributed by atoms with Gasteiger partial charge in [0.2, 0.25) is 0 Å². The van der Waals surface area contributed by atoms with Gasteiger partial charge in [0, 0.05) is 35.4 Å². The van der Waals surface area contributed by atoms with Crippen molar-refractivity contribution in [2.75, 3.05) is 13.2 Å². The smallest absolute Gasteiger partial charge is 0.0807 e. The molecule has 3 nitrogen and oxygen atoms in total. The molecular formula is C16H27BrN2O. The van der Waals surface area contributed by atoms with Gasteiger partial charge in [-0.05, 0) is 61.3 Å². The molecule has 2 atom stereocenters. The van der Waals surface area contributed by atoms with Crippen molar-refractivity contribution in [2.24, 2.45) is 0 Å². The molecule has 0 radical (unpaired) electrons. The summed E-state index contributed by atoms with van der Waals surface area (Å²) in [5, 5.41) is 3.63. The first kappa shape index (κ1) is 17.6. The Labute approximate surface area is 131 Å². The predicted octanol–water partition coefficient (Wildman–Crippen LogP) is 3.96. The van der Waals surface area contributed by atoms with Crippen LogP contribution in [0.15, 0.2) is 22.8 Å². The molecule has 1 N–H and O–H groups in total. The minimum absolute atomic E-state index is 0.154. The minimum atomic E-state index is -0.154. The van der Waals surface area contributed by atoms with Gasteiger partial charge in [0.1, 0.15) is 0 Å². The molecule has 1 heterocycles. The first-order chi connectivity index (χ1) is 9.55. The zero-order valence-electron chi connectivity index (χ0n) is 13.1. The second-order valence-electron chi connectivity index (χ2n) is 5.28. The summed E-state index contributed by atoms with van der Waals surface area (Å²) in [4.78, 5) is 4.49. The number of aromatic nitrogens is 1. The van der Waals surface area contributed by atoms with Crippen molar-refractivity contribution in [3.8, 4) is 0 Å². The maximum Gasteiger partial charge on any atom is 0.0807 e. The first-order valence-corrected chi connectivity index (χ1v) is 8.32. The SMILES string of the molecule is CCCNC(Cc1ccc(Br)cn1)C(C)(CC)OCC. The van der Waals surface area contributed by atoms with Crippen LogP contribution in [0.5, 0.6) is 0 Å². The van der Waals surface area contributed by atoms with E-state index in [0.717, 1.165) is 42.6 Å². The molecule has 0 bridgehead atoms. The maximum absolute atomic E-state index is 6.03. The molecule has 1 aromatic heterocycles. The van der Waals surface area contributed by atoms with Gasteiger partial charge in [-0.3, -0.25) is 4.98 Å². The summed E-state index contributed by atoms with van der Waals surface area (Å²) >= 11 is 3.43. The summed E-state index contributed by atoms with van der Waals surface area (Å²) in [5.74, 6) is 0. The highest BCUT2D eigenvalue weighted by Gasteiger charge is 2.33. The number of ether oxygens (including phenoxy) is 1. The number of hydrogen-bond donors (Lipinski definition) is 1. The highest BCUT2D eigenvalue weighted by molar-refractivity contribution is 9.10. The summed E-state index contributed by atoms with van der Waals surface area (Å²) in [6, 6.07) is 4.40. The van der Waals surface area contributed by atoms with Crippen molar-refractivity contribution in [2.45, 2.75) is 58.6 Å².